The van der Waals surface area contributed by atoms with Crippen molar-refractivity contribution < 1.29 is 9.32 Å². The molecule has 1 amide bonds. The number of carbonyl (C=O) groups excluding carboxylic acids is 1. The van der Waals surface area contributed by atoms with Crippen LogP contribution in [0.15, 0.2) is 28.8 Å². The second-order valence-corrected chi connectivity index (χ2v) is 7.82. The van der Waals surface area contributed by atoms with Crippen LogP contribution in [-0.2, 0) is 11.3 Å². The molecule has 7 nitrogen and oxygen atoms in total. The minimum absolute atomic E-state index is 0.285. The zero-order valence-corrected chi connectivity index (χ0v) is 16.6. The van der Waals surface area contributed by atoms with Crippen LogP contribution in [0.25, 0.3) is 11.4 Å². The Morgan fingerprint density at radius 3 is 2.46 bits per heavy atom. The summed E-state index contributed by atoms with van der Waals surface area (Å²) in [5, 5.41) is 4.15. The molecule has 0 aliphatic carbocycles. The fourth-order valence-corrected chi connectivity index (χ4v) is 3.98. The van der Waals surface area contributed by atoms with Crippen LogP contribution in [0.4, 0.5) is 0 Å². The predicted molar refractivity (Wildman–Crippen MR) is 107 cm³/mol. The van der Waals surface area contributed by atoms with Crippen molar-refractivity contribution >= 4 is 5.91 Å². The molecule has 0 radical (unpaired) electrons. The van der Waals surface area contributed by atoms with Gasteiger partial charge in [0.05, 0.1) is 13.1 Å². The highest BCUT2D eigenvalue weighted by Gasteiger charge is 2.23. The van der Waals surface area contributed by atoms with Gasteiger partial charge in [-0.1, -0.05) is 29.4 Å². The number of piperidine rings is 1. The first kappa shape index (κ1) is 19.1. The second kappa shape index (κ2) is 8.84. The van der Waals surface area contributed by atoms with Crippen molar-refractivity contribution in [3.8, 4) is 11.4 Å². The smallest absolute Gasteiger partial charge is 0.241 e. The molecule has 7 heteroatoms. The maximum Gasteiger partial charge on any atom is 0.241 e. The molecule has 0 atom stereocenters. The topological polar surface area (TPSA) is 65.7 Å². The number of hydrogen-bond donors (Lipinski definition) is 0. The molecule has 28 heavy (non-hydrogen) atoms. The Bertz CT molecular complexity index is 792. The highest BCUT2D eigenvalue weighted by atomic mass is 16.5. The average molecular weight is 383 g/mol. The SMILES string of the molecule is Cc1ccccc1-c1noc(CN2CCN(CC(=O)N3CCCCC3)CC2)n1. The minimum Gasteiger partial charge on any atom is -0.342 e. The van der Waals surface area contributed by atoms with Gasteiger partial charge in [-0.3, -0.25) is 14.6 Å². The summed E-state index contributed by atoms with van der Waals surface area (Å²) in [6.45, 7) is 8.74. The lowest BCUT2D eigenvalue weighted by Crippen LogP contribution is -2.50. The Balaban J connectivity index is 1.26. The zero-order chi connectivity index (χ0) is 19.3. The van der Waals surface area contributed by atoms with Crippen molar-refractivity contribution in [1.29, 1.82) is 0 Å². The van der Waals surface area contributed by atoms with Crippen LogP contribution in [0.3, 0.4) is 0 Å². The second-order valence-electron chi connectivity index (χ2n) is 7.82. The van der Waals surface area contributed by atoms with Crippen LogP contribution in [0, 0.1) is 6.92 Å². The van der Waals surface area contributed by atoms with Crippen LogP contribution in [0.2, 0.25) is 0 Å². The van der Waals surface area contributed by atoms with Crippen LogP contribution >= 0.6 is 0 Å². The number of likely N-dealkylation sites (tertiary alicyclic amines) is 1. The molecule has 4 rings (SSSR count). The Kier molecular flexibility index (Phi) is 6.02. The molecule has 2 aliphatic rings. The summed E-state index contributed by atoms with van der Waals surface area (Å²) in [7, 11) is 0. The first-order valence-electron chi connectivity index (χ1n) is 10.3. The molecule has 3 heterocycles. The van der Waals surface area contributed by atoms with E-state index in [-0.39, 0.29) is 5.91 Å². The summed E-state index contributed by atoms with van der Waals surface area (Å²) in [6, 6.07) is 8.07. The molecule has 0 saturated carbocycles. The van der Waals surface area contributed by atoms with E-state index >= 15 is 0 Å². The van der Waals surface area contributed by atoms with Gasteiger partial charge in [0.2, 0.25) is 17.6 Å². The van der Waals surface area contributed by atoms with E-state index in [0.717, 1.165) is 63.2 Å². The summed E-state index contributed by atoms with van der Waals surface area (Å²) in [6.07, 6.45) is 3.55. The van der Waals surface area contributed by atoms with Gasteiger partial charge in [-0.15, -0.1) is 0 Å². The van der Waals surface area contributed by atoms with Gasteiger partial charge < -0.3 is 9.42 Å². The minimum atomic E-state index is 0.285. The third kappa shape index (κ3) is 4.59. The van der Waals surface area contributed by atoms with Crippen molar-refractivity contribution in [3.05, 3.63) is 35.7 Å². The van der Waals surface area contributed by atoms with Gasteiger partial charge in [0.15, 0.2) is 0 Å². The third-order valence-electron chi connectivity index (χ3n) is 5.75. The lowest BCUT2D eigenvalue weighted by molar-refractivity contribution is -0.133. The third-order valence-corrected chi connectivity index (χ3v) is 5.75. The molecule has 1 aromatic carbocycles. The van der Waals surface area contributed by atoms with E-state index in [1.807, 2.05) is 23.1 Å². The highest BCUT2D eigenvalue weighted by molar-refractivity contribution is 5.78. The molecule has 2 fully saturated rings. The molecule has 0 bridgehead atoms. The Morgan fingerprint density at radius 2 is 1.71 bits per heavy atom. The van der Waals surface area contributed by atoms with Crippen molar-refractivity contribution in [2.75, 3.05) is 45.8 Å². The molecule has 150 valence electrons. The molecule has 0 unspecified atom stereocenters. The van der Waals surface area contributed by atoms with Gasteiger partial charge >= 0.3 is 0 Å². The molecule has 1 aromatic heterocycles. The fourth-order valence-electron chi connectivity index (χ4n) is 3.98. The standard InChI is InChI=1S/C21H29N5O2/c1-17-7-3-4-8-18(17)21-22-19(28-23-21)15-24-11-13-25(14-12-24)16-20(27)26-9-5-2-6-10-26/h3-4,7-8H,2,5-6,9-16H2,1H3. The molecule has 2 aromatic rings. The number of piperazine rings is 1. The number of carbonyl (C=O) groups is 1. The van der Waals surface area contributed by atoms with Gasteiger partial charge in [0.1, 0.15) is 0 Å². The number of amides is 1. The van der Waals surface area contributed by atoms with E-state index in [1.54, 1.807) is 0 Å². The molecule has 2 aliphatic heterocycles. The van der Waals surface area contributed by atoms with Gasteiger partial charge in [0, 0.05) is 44.8 Å². The number of rotatable bonds is 5. The Labute approximate surface area is 166 Å². The Morgan fingerprint density at radius 1 is 1.00 bits per heavy atom. The van der Waals surface area contributed by atoms with Gasteiger partial charge in [-0.2, -0.15) is 4.98 Å². The molecule has 2 saturated heterocycles. The largest absolute Gasteiger partial charge is 0.342 e. The molecule has 0 N–H and O–H groups in total. The number of benzene rings is 1. The van der Waals surface area contributed by atoms with E-state index in [9.17, 15) is 4.79 Å². The summed E-state index contributed by atoms with van der Waals surface area (Å²) in [5.74, 6) is 1.59. The van der Waals surface area contributed by atoms with E-state index in [4.69, 9.17) is 4.52 Å². The first-order valence-corrected chi connectivity index (χ1v) is 10.3. The molecular formula is C21H29N5O2. The van der Waals surface area contributed by atoms with Crippen molar-refractivity contribution in [2.24, 2.45) is 0 Å². The highest BCUT2D eigenvalue weighted by Crippen LogP contribution is 2.20. The van der Waals surface area contributed by atoms with Gasteiger partial charge in [0.25, 0.3) is 0 Å². The lowest BCUT2D eigenvalue weighted by Gasteiger charge is -2.35. The summed E-state index contributed by atoms with van der Waals surface area (Å²) in [4.78, 5) is 23.6. The van der Waals surface area contributed by atoms with E-state index in [0.29, 0.717) is 24.8 Å². The van der Waals surface area contributed by atoms with Crippen molar-refractivity contribution in [3.63, 3.8) is 0 Å². The maximum absolute atomic E-state index is 12.4. The number of aryl methyl sites for hydroxylation is 1. The summed E-state index contributed by atoms with van der Waals surface area (Å²) < 4.78 is 5.47. The van der Waals surface area contributed by atoms with Crippen LogP contribution in [0.5, 0.6) is 0 Å². The van der Waals surface area contributed by atoms with E-state index < -0.39 is 0 Å². The number of nitrogens with zero attached hydrogens (tertiary/aromatic N) is 5. The summed E-state index contributed by atoms with van der Waals surface area (Å²) >= 11 is 0. The van der Waals surface area contributed by atoms with Crippen LogP contribution in [0.1, 0.15) is 30.7 Å². The first-order chi connectivity index (χ1) is 13.7. The van der Waals surface area contributed by atoms with Crippen LogP contribution < -0.4 is 0 Å². The average Bonchev–Trinajstić information content (AvgIpc) is 3.18. The van der Waals surface area contributed by atoms with E-state index in [2.05, 4.69) is 32.9 Å². The molecular weight excluding hydrogens is 354 g/mol. The predicted octanol–water partition coefficient (Wildman–Crippen LogP) is 2.18. The number of aromatic nitrogens is 2. The van der Waals surface area contributed by atoms with Crippen LogP contribution in [-0.4, -0.2) is 76.6 Å². The maximum atomic E-state index is 12.4. The monoisotopic (exact) mass is 383 g/mol. The lowest BCUT2D eigenvalue weighted by atomic mass is 10.1. The van der Waals surface area contributed by atoms with Crippen molar-refractivity contribution in [1.82, 2.24) is 24.8 Å². The summed E-state index contributed by atoms with van der Waals surface area (Å²) in [5.41, 5.74) is 2.15. The van der Waals surface area contributed by atoms with E-state index in [1.165, 1.54) is 6.42 Å². The molecule has 0 spiro atoms. The quantitative estimate of drug-likeness (QED) is 0.788. The zero-order valence-electron chi connectivity index (χ0n) is 16.6. The van der Waals surface area contributed by atoms with Gasteiger partial charge in [-0.05, 0) is 31.7 Å². The number of hydrogen-bond acceptors (Lipinski definition) is 6. The van der Waals surface area contributed by atoms with Crippen molar-refractivity contribution in [2.45, 2.75) is 32.7 Å². The Hall–Kier alpha value is -2.25. The van der Waals surface area contributed by atoms with Gasteiger partial charge in [-0.25, -0.2) is 0 Å². The normalized spacial score (nSPS) is 19.1. The fraction of sp³-hybridized carbons (Fsp3) is 0.571.